The number of hydrogen-bond donors (Lipinski definition) is 1. The zero-order valence-electron chi connectivity index (χ0n) is 19.9. The van der Waals surface area contributed by atoms with Crippen molar-refractivity contribution in [2.24, 2.45) is 0 Å². The average Bonchev–Trinajstić information content (AvgIpc) is 2.78. The molecule has 0 bridgehead atoms. The molecule has 0 radical (unpaired) electrons. The Morgan fingerprint density at radius 3 is 2.40 bits per heavy atom. The maximum Gasteiger partial charge on any atom is 0.244 e. The van der Waals surface area contributed by atoms with Gasteiger partial charge in [0.1, 0.15) is 12.6 Å². The Bertz CT molecular complexity index is 1150. The minimum Gasteiger partial charge on any atom is -0.354 e. The number of unbranched alkanes of at least 4 members (excludes halogenated alkanes) is 1. The Morgan fingerprint density at radius 1 is 1.11 bits per heavy atom. The van der Waals surface area contributed by atoms with Crippen LogP contribution in [0.2, 0.25) is 10.0 Å². The van der Waals surface area contributed by atoms with Crippen LogP contribution in [0.25, 0.3) is 0 Å². The van der Waals surface area contributed by atoms with Crippen LogP contribution in [0.4, 0.5) is 5.69 Å². The van der Waals surface area contributed by atoms with Crippen LogP contribution in [0, 0.1) is 0 Å². The van der Waals surface area contributed by atoms with Crippen molar-refractivity contribution < 1.29 is 18.0 Å². The first-order valence-corrected chi connectivity index (χ1v) is 14.6. The van der Waals surface area contributed by atoms with Gasteiger partial charge in [-0.2, -0.15) is 0 Å². The van der Waals surface area contributed by atoms with Gasteiger partial charge in [-0.3, -0.25) is 13.9 Å². The lowest BCUT2D eigenvalue weighted by Gasteiger charge is -2.33. The molecule has 7 nitrogen and oxygen atoms in total. The second kappa shape index (κ2) is 13.5. The minimum atomic E-state index is -3.80. The van der Waals surface area contributed by atoms with E-state index in [1.54, 1.807) is 49.4 Å². The largest absolute Gasteiger partial charge is 0.354 e. The minimum absolute atomic E-state index is 0.0185. The maximum atomic E-state index is 13.6. The first-order chi connectivity index (χ1) is 16.5. The van der Waals surface area contributed by atoms with Crippen LogP contribution < -0.4 is 9.62 Å². The molecule has 192 valence electrons. The van der Waals surface area contributed by atoms with E-state index in [1.165, 1.54) is 4.90 Å². The number of carbonyl (C=O) groups is 2. The third kappa shape index (κ3) is 8.66. The molecule has 0 fully saturated rings. The average molecular weight is 607 g/mol. The van der Waals surface area contributed by atoms with Crippen LogP contribution in [0.3, 0.4) is 0 Å². The zero-order valence-corrected chi connectivity index (χ0v) is 23.8. The van der Waals surface area contributed by atoms with Gasteiger partial charge >= 0.3 is 0 Å². The number of carbonyl (C=O) groups excluding carboxylic acids is 2. The highest BCUT2D eigenvalue weighted by Crippen LogP contribution is 2.26. The number of amides is 2. The lowest BCUT2D eigenvalue weighted by atomic mass is 10.1. The maximum absolute atomic E-state index is 13.6. The molecule has 0 spiro atoms. The highest BCUT2D eigenvalue weighted by molar-refractivity contribution is 9.10. The van der Waals surface area contributed by atoms with Gasteiger partial charge in [-0.25, -0.2) is 8.42 Å². The molecule has 35 heavy (non-hydrogen) atoms. The summed E-state index contributed by atoms with van der Waals surface area (Å²) < 4.78 is 26.9. The zero-order chi connectivity index (χ0) is 26.2. The SMILES string of the molecule is CCCCNC(=O)[C@@H](CC)N(Cc1ccc(Cl)cc1Cl)C(=O)CN(c1cccc(Br)c1)S(C)(=O)=O. The molecule has 2 aromatic rings. The van der Waals surface area contributed by atoms with Gasteiger partial charge in [-0.05, 0) is 48.7 Å². The van der Waals surface area contributed by atoms with Crippen molar-refractivity contribution >= 4 is 66.7 Å². The fourth-order valence-corrected chi connectivity index (χ4v) is 5.20. The molecule has 0 aliphatic heterocycles. The van der Waals surface area contributed by atoms with Crippen LogP contribution in [-0.2, 0) is 26.2 Å². The van der Waals surface area contributed by atoms with E-state index in [1.807, 2.05) is 6.92 Å². The molecule has 1 N–H and O–H groups in total. The summed E-state index contributed by atoms with van der Waals surface area (Å²) in [6, 6.07) is 10.8. The summed E-state index contributed by atoms with van der Waals surface area (Å²) in [4.78, 5) is 28.0. The molecule has 2 rings (SSSR count). The number of nitrogens with zero attached hydrogens (tertiary/aromatic N) is 2. The first kappa shape index (κ1) is 29.4. The molecule has 0 aliphatic rings. The highest BCUT2D eigenvalue weighted by atomic mass is 79.9. The summed E-state index contributed by atoms with van der Waals surface area (Å²) in [5, 5.41) is 3.67. The van der Waals surface area contributed by atoms with E-state index in [0.29, 0.717) is 38.7 Å². The van der Waals surface area contributed by atoms with Crippen molar-refractivity contribution in [3.8, 4) is 0 Å². The van der Waals surface area contributed by atoms with Gasteiger partial charge in [0.05, 0.1) is 11.9 Å². The van der Waals surface area contributed by atoms with Crippen LogP contribution in [0.15, 0.2) is 46.9 Å². The van der Waals surface area contributed by atoms with Gasteiger partial charge < -0.3 is 10.2 Å². The lowest BCUT2D eigenvalue weighted by molar-refractivity contribution is -0.140. The molecular weight excluding hydrogens is 577 g/mol. The van der Waals surface area contributed by atoms with E-state index >= 15 is 0 Å². The molecular formula is C24H30BrCl2N3O4S. The Hall–Kier alpha value is -1.81. The lowest BCUT2D eigenvalue weighted by Crippen LogP contribution is -2.52. The Labute approximate surface area is 225 Å². The second-order valence-electron chi connectivity index (χ2n) is 8.08. The van der Waals surface area contributed by atoms with Gasteiger partial charge in [-0.15, -0.1) is 0 Å². The molecule has 1 atom stereocenters. The quantitative estimate of drug-likeness (QED) is 0.335. The van der Waals surface area contributed by atoms with Crippen LogP contribution in [0.1, 0.15) is 38.7 Å². The molecule has 0 saturated heterocycles. The van der Waals surface area contributed by atoms with E-state index in [0.717, 1.165) is 23.4 Å². The van der Waals surface area contributed by atoms with Gasteiger partial charge in [0.25, 0.3) is 0 Å². The van der Waals surface area contributed by atoms with Crippen LogP contribution >= 0.6 is 39.1 Å². The fraction of sp³-hybridized carbons (Fsp3) is 0.417. The molecule has 0 aliphatic carbocycles. The number of sulfonamides is 1. The van der Waals surface area contributed by atoms with Crippen molar-refractivity contribution in [1.29, 1.82) is 0 Å². The number of rotatable bonds is 12. The summed E-state index contributed by atoms with van der Waals surface area (Å²) >= 11 is 15.7. The molecule has 0 heterocycles. The molecule has 0 aromatic heterocycles. The van der Waals surface area contributed by atoms with Crippen molar-refractivity contribution in [3.63, 3.8) is 0 Å². The smallest absolute Gasteiger partial charge is 0.244 e. The monoisotopic (exact) mass is 605 g/mol. The van der Waals surface area contributed by atoms with E-state index in [-0.39, 0.29) is 12.5 Å². The number of nitrogens with one attached hydrogen (secondary N) is 1. The third-order valence-electron chi connectivity index (χ3n) is 5.35. The Morgan fingerprint density at radius 2 is 1.83 bits per heavy atom. The molecule has 11 heteroatoms. The predicted molar refractivity (Wildman–Crippen MR) is 145 cm³/mol. The van der Waals surface area contributed by atoms with Crippen molar-refractivity contribution in [2.75, 3.05) is 23.7 Å². The number of anilines is 1. The van der Waals surface area contributed by atoms with Crippen molar-refractivity contribution in [1.82, 2.24) is 10.2 Å². The van der Waals surface area contributed by atoms with E-state index < -0.39 is 28.5 Å². The molecule has 2 amide bonds. The Kier molecular flexibility index (Phi) is 11.3. The standard InChI is InChI=1S/C24H30BrCl2N3O4S/c1-4-6-12-28-24(32)22(5-2)29(15-17-10-11-19(26)14-21(17)27)23(31)16-30(35(3,33)34)20-9-7-8-18(25)13-20/h7-11,13-14,22H,4-6,12,15-16H2,1-3H3,(H,28,32)/t22-/m1/s1. The van der Waals surface area contributed by atoms with Crippen molar-refractivity contribution in [3.05, 3.63) is 62.5 Å². The van der Waals surface area contributed by atoms with E-state index in [4.69, 9.17) is 23.2 Å². The summed E-state index contributed by atoms with van der Waals surface area (Å²) in [5.41, 5.74) is 0.928. The van der Waals surface area contributed by atoms with Crippen LogP contribution in [-0.4, -0.2) is 50.5 Å². The van der Waals surface area contributed by atoms with Gasteiger partial charge in [0.2, 0.25) is 21.8 Å². The predicted octanol–water partition coefficient (Wildman–Crippen LogP) is 5.25. The van der Waals surface area contributed by atoms with E-state index in [9.17, 15) is 18.0 Å². The topological polar surface area (TPSA) is 86.8 Å². The summed E-state index contributed by atoms with van der Waals surface area (Å²) in [6.07, 6.45) is 3.10. The molecule has 0 saturated carbocycles. The number of hydrogen-bond acceptors (Lipinski definition) is 4. The summed E-state index contributed by atoms with van der Waals surface area (Å²) in [7, 11) is -3.80. The summed E-state index contributed by atoms with van der Waals surface area (Å²) in [6.45, 7) is 3.85. The number of halogens is 3. The molecule has 0 unspecified atom stereocenters. The van der Waals surface area contributed by atoms with Crippen molar-refractivity contribution in [2.45, 2.75) is 45.7 Å². The van der Waals surface area contributed by atoms with Crippen LogP contribution in [0.5, 0.6) is 0 Å². The van der Waals surface area contributed by atoms with E-state index in [2.05, 4.69) is 21.2 Å². The third-order valence-corrected chi connectivity index (χ3v) is 7.57. The van der Waals surface area contributed by atoms with Gasteiger partial charge in [-0.1, -0.05) is 71.5 Å². The number of benzene rings is 2. The first-order valence-electron chi connectivity index (χ1n) is 11.2. The normalized spacial score (nSPS) is 12.2. The second-order valence-corrected chi connectivity index (χ2v) is 11.7. The van der Waals surface area contributed by atoms with Gasteiger partial charge in [0.15, 0.2) is 0 Å². The Balaban J connectivity index is 2.44. The molecule has 2 aromatic carbocycles. The fourth-order valence-electron chi connectivity index (χ4n) is 3.50. The van der Waals surface area contributed by atoms with Gasteiger partial charge in [0, 0.05) is 27.6 Å². The summed E-state index contributed by atoms with van der Waals surface area (Å²) in [5.74, 6) is -0.827. The highest BCUT2D eigenvalue weighted by Gasteiger charge is 2.32.